The Bertz CT molecular complexity index is 1920. The van der Waals surface area contributed by atoms with Crippen LogP contribution in [0.25, 0.3) is 16.7 Å². The van der Waals surface area contributed by atoms with E-state index in [0.29, 0.717) is 5.75 Å². The molecule has 1 N–H and O–H groups in total. The predicted octanol–water partition coefficient (Wildman–Crippen LogP) is 9.12. The summed E-state index contributed by atoms with van der Waals surface area (Å²) in [6, 6.07) is 41.7. The van der Waals surface area contributed by atoms with Gasteiger partial charge in [0.2, 0.25) is 0 Å². The van der Waals surface area contributed by atoms with Gasteiger partial charge in [-0.15, -0.1) is 0 Å². The fourth-order valence-electron chi connectivity index (χ4n) is 7.01. The third-order valence-corrected chi connectivity index (χ3v) is 9.81. The van der Waals surface area contributed by atoms with E-state index in [4.69, 9.17) is 14.2 Å². The highest BCUT2D eigenvalue weighted by Gasteiger charge is 2.40. The van der Waals surface area contributed by atoms with Crippen molar-refractivity contribution < 1.29 is 28.9 Å². The van der Waals surface area contributed by atoms with Gasteiger partial charge in [-0.05, 0) is 69.5 Å². The number of benzene rings is 5. The van der Waals surface area contributed by atoms with Crippen LogP contribution in [0.5, 0.6) is 5.75 Å². The van der Waals surface area contributed by atoms with Crippen molar-refractivity contribution in [1.29, 1.82) is 0 Å². The van der Waals surface area contributed by atoms with E-state index in [9.17, 15) is 14.7 Å². The number of aliphatic carboxylic acids is 1. The lowest BCUT2D eigenvalue weighted by molar-refractivity contribution is -0.151. The largest absolute Gasteiger partial charge is 0.497 e. The van der Waals surface area contributed by atoms with Crippen LogP contribution in [0.3, 0.4) is 0 Å². The number of carboxylic acid groups (broad SMARTS) is 1. The SMILES string of the molecule is C=C(C)c1ccc(C(OC[C@@H](C(=O)O)C(C)CC(=O)OCC2c3ccccc3-c3ccccc32)(c2ccccc2)c2ccc(OC)cc2)cc1. The van der Waals surface area contributed by atoms with E-state index in [-0.39, 0.29) is 25.6 Å². The van der Waals surface area contributed by atoms with E-state index in [0.717, 1.165) is 50.1 Å². The maximum atomic E-state index is 13.3. The third kappa shape index (κ3) is 6.85. The third-order valence-electron chi connectivity index (χ3n) is 9.81. The highest BCUT2D eigenvalue weighted by atomic mass is 16.5. The molecule has 0 heterocycles. The Morgan fingerprint density at radius 3 is 1.82 bits per heavy atom. The summed E-state index contributed by atoms with van der Waals surface area (Å²) < 4.78 is 18.2. The highest BCUT2D eigenvalue weighted by molar-refractivity contribution is 5.79. The molecule has 0 aliphatic heterocycles. The number of fused-ring (bicyclic) bond motifs is 3. The fourth-order valence-corrected chi connectivity index (χ4v) is 7.01. The molecule has 50 heavy (non-hydrogen) atoms. The van der Waals surface area contributed by atoms with Gasteiger partial charge in [-0.3, -0.25) is 9.59 Å². The first-order valence-corrected chi connectivity index (χ1v) is 16.9. The van der Waals surface area contributed by atoms with Gasteiger partial charge in [0.15, 0.2) is 0 Å². The summed E-state index contributed by atoms with van der Waals surface area (Å²) in [6.45, 7) is 7.83. The molecule has 0 aromatic heterocycles. The van der Waals surface area contributed by atoms with E-state index in [1.165, 1.54) is 0 Å². The lowest BCUT2D eigenvalue weighted by atomic mass is 9.79. The van der Waals surface area contributed by atoms with E-state index in [2.05, 4.69) is 30.8 Å². The highest BCUT2D eigenvalue weighted by Crippen LogP contribution is 2.45. The molecule has 6 rings (SSSR count). The molecule has 0 bridgehead atoms. The minimum atomic E-state index is -1.17. The number of rotatable bonds is 14. The molecular weight excluding hydrogens is 624 g/mol. The van der Waals surface area contributed by atoms with Crippen molar-refractivity contribution in [2.24, 2.45) is 11.8 Å². The summed E-state index contributed by atoms with van der Waals surface area (Å²) >= 11 is 0. The van der Waals surface area contributed by atoms with Gasteiger partial charge in [-0.25, -0.2) is 0 Å². The molecular formula is C44H42O6. The maximum absolute atomic E-state index is 13.3. The van der Waals surface area contributed by atoms with Crippen LogP contribution in [0.2, 0.25) is 0 Å². The number of carbonyl (C=O) groups is 2. The van der Waals surface area contributed by atoms with Gasteiger partial charge < -0.3 is 19.3 Å². The first-order valence-electron chi connectivity index (χ1n) is 16.9. The molecule has 6 heteroatoms. The lowest BCUT2D eigenvalue weighted by Crippen LogP contribution is -2.38. The number of carbonyl (C=O) groups excluding carboxylic acids is 1. The number of methoxy groups -OCH3 is 1. The predicted molar refractivity (Wildman–Crippen MR) is 196 cm³/mol. The number of hydrogen-bond acceptors (Lipinski definition) is 5. The molecule has 5 aromatic rings. The summed E-state index contributed by atoms with van der Waals surface area (Å²) in [5.41, 5.74) is 7.76. The zero-order valence-corrected chi connectivity index (χ0v) is 28.7. The van der Waals surface area contributed by atoms with Gasteiger partial charge in [-0.1, -0.05) is 134 Å². The van der Waals surface area contributed by atoms with Crippen LogP contribution in [-0.4, -0.2) is 37.4 Å². The Hall–Kier alpha value is -5.46. The monoisotopic (exact) mass is 666 g/mol. The minimum absolute atomic E-state index is 0.0650. The zero-order chi connectivity index (χ0) is 35.3. The quantitative estimate of drug-likeness (QED) is 0.0941. The zero-order valence-electron chi connectivity index (χ0n) is 28.7. The van der Waals surface area contributed by atoms with E-state index >= 15 is 0 Å². The van der Waals surface area contributed by atoms with Crippen molar-refractivity contribution in [3.05, 3.63) is 167 Å². The molecule has 5 aromatic carbocycles. The summed E-state index contributed by atoms with van der Waals surface area (Å²) in [6.07, 6.45) is -0.0650. The van der Waals surface area contributed by atoms with Crippen molar-refractivity contribution >= 4 is 17.5 Å². The van der Waals surface area contributed by atoms with Gasteiger partial charge in [-0.2, -0.15) is 0 Å². The summed E-state index contributed by atoms with van der Waals surface area (Å²) in [7, 11) is 1.61. The maximum Gasteiger partial charge on any atom is 0.309 e. The lowest BCUT2D eigenvalue weighted by Gasteiger charge is -2.37. The van der Waals surface area contributed by atoms with Crippen molar-refractivity contribution in [2.45, 2.75) is 31.8 Å². The number of ether oxygens (including phenoxy) is 3. The van der Waals surface area contributed by atoms with Crippen LogP contribution in [0.15, 0.2) is 134 Å². The van der Waals surface area contributed by atoms with Gasteiger partial charge in [0.25, 0.3) is 0 Å². The molecule has 0 radical (unpaired) electrons. The van der Waals surface area contributed by atoms with Crippen molar-refractivity contribution in [3.8, 4) is 16.9 Å². The van der Waals surface area contributed by atoms with E-state index in [1.54, 1.807) is 14.0 Å². The van der Waals surface area contributed by atoms with Crippen LogP contribution in [0, 0.1) is 11.8 Å². The molecule has 2 unspecified atom stereocenters. The van der Waals surface area contributed by atoms with E-state index < -0.39 is 29.4 Å². The van der Waals surface area contributed by atoms with E-state index in [1.807, 2.05) is 110 Å². The van der Waals surface area contributed by atoms with Crippen LogP contribution in [-0.2, 0) is 24.7 Å². The number of hydrogen-bond donors (Lipinski definition) is 1. The van der Waals surface area contributed by atoms with Gasteiger partial charge in [0.05, 0.1) is 19.6 Å². The van der Waals surface area contributed by atoms with Gasteiger partial charge in [0.1, 0.15) is 18.0 Å². The van der Waals surface area contributed by atoms with Crippen LogP contribution in [0.4, 0.5) is 0 Å². The molecule has 0 spiro atoms. The summed E-state index contributed by atoms with van der Waals surface area (Å²) in [5, 5.41) is 10.5. The number of allylic oxidation sites excluding steroid dienone is 1. The van der Waals surface area contributed by atoms with Crippen molar-refractivity contribution in [1.82, 2.24) is 0 Å². The molecule has 254 valence electrons. The Morgan fingerprint density at radius 2 is 1.28 bits per heavy atom. The number of esters is 1. The molecule has 6 nitrogen and oxygen atoms in total. The Kier molecular flexibility index (Phi) is 10.3. The molecule has 0 amide bonds. The standard InChI is InChI=1S/C44H42O6/c1-29(2)31-18-20-33(21-19-31)44(32-12-6-5-7-13-32,34-22-24-35(48-4)25-23-34)50-28-40(43(46)47)30(3)26-42(45)49-27-41-38-16-10-8-14-36(38)37-15-9-11-17-39(37)41/h5-25,30,40-41H,1,26-28H2,2-4H3,(H,46,47)/t30?,40-,44?/m1/s1. The van der Waals surface area contributed by atoms with Gasteiger partial charge >= 0.3 is 11.9 Å². The second-order valence-electron chi connectivity index (χ2n) is 13.0. The molecule has 1 aliphatic carbocycles. The van der Waals surface area contributed by atoms with Crippen LogP contribution < -0.4 is 4.74 Å². The fraction of sp³-hybridized carbons (Fsp3) is 0.227. The molecule has 0 saturated carbocycles. The molecule has 0 saturated heterocycles. The average molecular weight is 667 g/mol. The second-order valence-corrected chi connectivity index (χ2v) is 13.0. The Labute approximate surface area is 294 Å². The normalized spacial score (nSPS) is 14.5. The topological polar surface area (TPSA) is 82.1 Å². The summed E-state index contributed by atoms with van der Waals surface area (Å²) in [5.74, 6) is -2.44. The number of carboxylic acids is 1. The van der Waals surface area contributed by atoms with Crippen LogP contribution in [0.1, 0.15) is 59.6 Å². The van der Waals surface area contributed by atoms with Crippen molar-refractivity contribution in [3.63, 3.8) is 0 Å². The van der Waals surface area contributed by atoms with Gasteiger partial charge in [0, 0.05) is 12.3 Å². The summed E-state index contributed by atoms with van der Waals surface area (Å²) in [4.78, 5) is 26.1. The van der Waals surface area contributed by atoms with Crippen molar-refractivity contribution in [2.75, 3.05) is 20.3 Å². The van der Waals surface area contributed by atoms with Crippen LogP contribution >= 0.6 is 0 Å². The minimum Gasteiger partial charge on any atom is -0.497 e. The first-order chi connectivity index (χ1) is 24.2. The Morgan fingerprint density at radius 1 is 0.760 bits per heavy atom. The second kappa shape index (κ2) is 15.0. The Balaban J connectivity index is 1.25. The first kappa shape index (κ1) is 34.4. The molecule has 0 fully saturated rings. The average Bonchev–Trinajstić information content (AvgIpc) is 3.46. The molecule has 1 aliphatic rings. The smallest absolute Gasteiger partial charge is 0.309 e. The molecule has 3 atom stereocenters.